The zero-order chi connectivity index (χ0) is 16.8. The number of aromatic amines is 1. The number of hydrogen-bond donors (Lipinski definition) is 4. The predicted molar refractivity (Wildman–Crippen MR) is 97.2 cm³/mol. The topological polar surface area (TPSA) is 81.8 Å². The molecule has 0 unspecified atom stereocenters. The molecule has 1 saturated carbocycles. The molecule has 1 fully saturated rings. The van der Waals surface area contributed by atoms with Crippen LogP contribution in [-0.4, -0.2) is 34.6 Å². The zero-order valence-corrected chi connectivity index (χ0v) is 14.3. The summed E-state index contributed by atoms with van der Waals surface area (Å²) in [5.74, 6) is 0. The van der Waals surface area contributed by atoms with Crippen LogP contribution in [0.15, 0.2) is 24.7 Å². The van der Waals surface area contributed by atoms with Gasteiger partial charge in [-0.1, -0.05) is 13.3 Å². The number of unbranched alkanes of at least 4 members (excludes halogenated alkanes) is 1. The van der Waals surface area contributed by atoms with Gasteiger partial charge < -0.3 is 20.9 Å². The van der Waals surface area contributed by atoms with E-state index in [1.165, 1.54) is 12.8 Å². The van der Waals surface area contributed by atoms with Gasteiger partial charge in [-0.05, 0) is 44.7 Å². The van der Waals surface area contributed by atoms with Gasteiger partial charge in [0.25, 0.3) is 0 Å². The Balaban J connectivity index is 1.44. The normalized spacial score (nSPS) is 20.9. The molecule has 0 spiro atoms. The van der Waals surface area contributed by atoms with Gasteiger partial charge in [-0.25, -0.2) is 4.79 Å². The molecule has 2 aromatic heterocycles. The second kappa shape index (κ2) is 8.15. The lowest BCUT2D eigenvalue weighted by molar-refractivity contribution is 0.240. The minimum absolute atomic E-state index is 0.130. The number of anilines is 1. The van der Waals surface area contributed by atoms with Crippen molar-refractivity contribution >= 4 is 22.6 Å². The summed E-state index contributed by atoms with van der Waals surface area (Å²) in [6.07, 6.45) is 12.1. The summed E-state index contributed by atoms with van der Waals surface area (Å²) in [5, 5.41) is 10.6. The molecule has 0 radical (unpaired) electrons. The summed E-state index contributed by atoms with van der Waals surface area (Å²) in [6.45, 7) is 3.32. The Labute approximate surface area is 142 Å². The van der Waals surface area contributed by atoms with E-state index < -0.39 is 0 Å². The number of fused-ring (bicyclic) bond motifs is 1. The van der Waals surface area contributed by atoms with Crippen molar-refractivity contribution in [2.45, 2.75) is 57.5 Å². The fourth-order valence-electron chi connectivity index (χ4n) is 3.34. The van der Waals surface area contributed by atoms with Crippen LogP contribution in [0.5, 0.6) is 0 Å². The molecule has 0 aromatic carbocycles. The van der Waals surface area contributed by atoms with Gasteiger partial charge in [0.1, 0.15) is 0 Å². The Morgan fingerprint density at radius 1 is 1.29 bits per heavy atom. The highest BCUT2D eigenvalue weighted by atomic mass is 16.2. The zero-order valence-electron chi connectivity index (χ0n) is 14.3. The first-order chi connectivity index (χ1) is 11.8. The van der Waals surface area contributed by atoms with Gasteiger partial charge in [0.15, 0.2) is 0 Å². The fraction of sp³-hybridized carbons (Fsp3) is 0.556. The first kappa shape index (κ1) is 16.8. The number of aromatic nitrogens is 2. The third-order valence-corrected chi connectivity index (χ3v) is 4.76. The molecular weight excluding hydrogens is 302 g/mol. The van der Waals surface area contributed by atoms with Crippen LogP contribution in [0.1, 0.15) is 45.4 Å². The maximum Gasteiger partial charge on any atom is 0.319 e. The van der Waals surface area contributed by atoms with E-state index in [1.54, 1.807) is 18.6 Å². The van der Waals surface area contributed by atoms with Gasteiger partial charge in [0.05, 0.1) is 17.4 Å². The molecule has 24 heavy (non-hydrogen) atoms. The highest BCUT2D eigenvalue weighted by Gasteiger charge is 2.22. The third-order valence-electron chi connectivity index (χ3n) is 4.76. The number of rotatable bonds is 6. The second-order valence-corrected chi connectivity index (χ2v) is 6.58. The second-order valence-electron chi connectivity index (χ2n) is 6.58. The van der Waals surface area contributed by atoms with Crippen molar-refractivity contribution in [1.29, 1.82) is 0 Å². The molecule has 6 nitrogen and oxygen atoms in total. The number of nitrogens with one attached hydrogen (secondary N) is 4. The van der Waals surface area contributed by atoms with Crippen LogP contribution >= 0.6 is 0 Å². The van der Waals surface area contributed by atoms with E-state index in [0.29, 0.717) is 6.04 Å². The van der Waals surface area contributed by atoms with Gasteiger partial charge in [-0.2, -0.15) is 0 Å². The number of H-pyrrole nitrogens is 1. The average molecular weight is 329 g/mol. The first-order valence-electron chi connectivity index (χ1n) is 8.98. The van der Waals surface area contributed by atoms with Crippen LogP contribution in [0.2, 0.25) is 0 Å². The summed E-state index contributed by atoms with van der Waals surface area (Å²) in [5.41, 5.74) is 1.71. The van der Waals surface area contributed by atoms with Crippen molar-refractivity contribution < 1.29 is 4.79 Å². The molecule has 2 heterocycles. The van der Waals surface area contributed by atoms with E-state index in [-0.39, 0.29) is 12.1 Å². The Bertz CT molecular complexity index is 660. The van der Waals surface area contributed by atoms with Crippen LogP contribution in [0.25, 0.3) is 10.9 Å². The summed E-state index contributed by atoms with van der Waals surface area (Å²) >= 11 is 0. The largest absolute Gasteiger partial charge is 0.358 e. The van der Waals surface area contributed by atoms with Crippen molar-refractivity contribution in [3.63, 3.8) is 0 Å². The van der Waals surface area contributed by atoms with E-state index in [1.807, 2.05) is 6.07 Å². The molecule has 0 aliphatic heterocycles. The van der Waals surface area contributed by atoms with Crippen LogP contribution in [-0.2, 0) is 0 Å². The highest BCUT2D eigenvalue weighted by molar-refractivity contribution is 6.00. The van der Waals surface area contributed by atoms with Gasteiger partial charge in [-0.3, -0.25) is 4.98 Å². The van der Waals surface area contributed by atoms with Gasteiger partial charge in [0, 0.05) is 29.9 Å². The standard InChI is InChI=1S/C18H27N5O/c1-2-3-9-20-13-4-6-14(7-5-13)22-18(24)23-17-12-21-16-11-19-10-8-15(16)17/h8,10-14,20-21H,2-7,9H2,1H3,(H2,22,23,24). The fourth-order valence-corrected chi connectivity index (χ4v) is 3.34. The molecule has 1 aliphatic rings. The van der Waals surface area contributed by atoms with Gasteiger partial charge >= 0.3 is 6.03 Å². The molecule has 3 rings (SSSR count). The summed E-state index contributed by atoms with van der Waals surface area (Å²) in [7, 11) is 0. The molecule has 6 heteroatoms. The van der Waals surface area contributed by atoms with Crippen molar-refractivity contribution in [1.82, 2.24) is 20.6 Å². The maximum atomic E-state index is 12.2. The number of carbonyl (C=O) groups excluding carboxylic acids is 1. The molecule has 0 atom stereocenters. The average Bonchev–Trinajstić information content (AvgIpc) is 3.00. The Morgan fingerprint density at radius 2 is 2.08 bits per heavy atom. The molecule has 1 aliphatic carbocycles. The van der Waals surface area contributed by atoms with E-state index in [4.69, 9.17) is 0 Å². The van der Waals surface area contributed by atoms with E-state index in [0.717, 1.165) is 48.8 Å². The highest BCUT2D eigenvalue weighted by Crippen LogP contribution is 2.22. The van der Waals surface area contributed by atoms with E-state index in [9.17, 15) is 4.79 Å². The minimum atomic E-state index is -0.130. The Kier molecular flexibility index (Phi) is 5.69. The lowest BCUT2D eigenvalue weighted by atomic mass is 9.91. The number of carbonyl (C=O) groups is 1. The summed E-state index contributed by atoms with van der Waals surface area (Å²) in [4.78, 5) is 19.4. The van der Waals surface area contributed by atoms with Crippen LogP contribution in [0, 0.1) is 0 Å². The number of hydrogen-bond acceptors (Lipinski definition) is 3. The number of pyridine rings is 1. The smallest absolute Gasteiger partial charge is 0.319 e. The SMILES string of the molecule is CCCCNC1CCC(NC(=O)Nc2c[nH]c3cnccc23)CC1. The van der Waals surface area contributed by atoms with E-state index >= 15 is 0 Å². The quantitative estimate of drug-likeness (QED) is 0.613. The molecule has 0 bridgehead atoms. The van der Waals surface area contributed by atoms with Crippen LogP contribution in [0.3, 0.4) is 0 Å². The number of nitrogens with zero attached hydrogens (tertiary/aromatic N) is 1. The molecule has 130 valence electrons. The molecule has 2 amide bonds. The molecule has 4 N–H and O–H groups in total. The maximum absolute atomic E-state index is 12.2. The van der Waals surface area contributed by atoms with Crippen LogP contribution in [0.4, 0.5) is 10.5 Å². The van der Waals surface area contributed by atoms with Crippen molar-refractivity contribution in [3.8, 4) is 0 Å². The summed E-state index contributed by atoms with van der Waals surface area (Å²) in [6, 6.07) is 2.64. The summed E-state index contributed by atoms with van der Waals surface area (Å²) < 4.78 is 0. The predicted octanol–water partition coefficient (Wildman–Crippen LogP) is 3.39. The van der Waals surface area contributed by atoms with E-state index in [2.05, 4.69) is 32.8 Å². The molecule has 0 saturated heterocycles. The van der Waals surface area contributed by atoms with Crippen molar-refractivity contribution in [2.75, 3.05) is 11.9 Å². The number of amides is 2. The Morgan fingerprint density at radius 3 is 2.88 bits per heavy atom. The first-order valence-corrected chi connectivity index (χ1v) is 8.98. The third kappa shape index (κ3) is 4.26. The van der Waals surface area contributed by atoms with Crippen molar-refractivity contribution in [2.24, 2.45) is 0 Å². The van der Waals surface area contributed by atoms with Crippen LogP contribution < -0.4 is 16.0 Å². The Hall–Kier alpha value is -2.08. The van der Waals surface area contributed by atoms with Gasteiger partial charge in [-0.15, -0.1) is 0 Å². The van der Waals surface area contributed by atoms with Crippen molar-refractivity contribution in [3.05, 3.63) is 24.7 Å². The lowest BCUT2D eigenvalue weighted by Gasteiger charge is -2.29. The number of urea groups is 1. The lowest BCUT2D eigenvalue weighted by Crippen LogP contribution is -2.43. The molecular formula is C18H27N5O. The molecule has 2 aromatic rings. The monoisotopic (exact) mass is 329 g/mol. The minimum Gasteiger partial charge on any atom is -0.358 e. The van der Waals surface area contributed by atoms with Gasteiger partial charge in [0.2, 0.25) is 0 Å².